The van der Waals surface area contributed by atoms with E-state index in [4.69, 9.17) is 0 Å². The third kappa shape index (κ3) is 1.88. The molecule has 2 heterocycles. The lowest BCUT2D eigenvalue weighted by atomic mass is 10.1. The molecule has 3 rings (SSSR count). The molecule has 5 heteroatoms. The van der Waals surface area contributed by atoms with Crippen molar-refractivity contribution in [1.29, 1.82) is 0 Å². The molecule has 0 fully saturated rings. The first-order valence-electron chi connectivity index (χ1n) is 5.74. The Labute approximate surface area is 114 Å². The van der Waals surface area contributed by atoms with Gasteiger partial charge in [-0.1, -0.05) is 12.1 Å². The second kappa shape index (κ2) is 4.44. The average Bonchev–Trinajstić information content (AvgIpc) is 2.93. The van der Waals surface area contributed by atoms with E-state index in [-0.39, 0.29) is 11.8 Å². The molecule has 0 spiro atoms. The molecule has 19 heavy (non-hydrogen) atoms. The molecule has 2 aromatic rings. The second-order valence-corrected chi connectivity index (χ2v) is 5.13. The average molecular weight is 270 g/mol. The standard InChI is InChI=1S/C14H10N2O2S/c1-9-6-7-19-12(9)8-15-16-13(17)10-4-2-3-5-11(10)14(16)18/h2-8H,1H3/b15-8+. The fourth-order valence-electron chi connectivity index (χ4n) is 1.91. The zero-order chi connectivity index (χ0) is 13.4. The minimum atomic E-state index is -0.369. The highest BCUT2D eigenvalue weighted by molar-refractivity contribution is 7.11. The van der Waals surface area contributed by atoms with E-state index >= 15 is 0 Å². The predicted molar refractivity (Wildman–Crippen MR) is 73.6 cm³/mol. The third-order valence-corrected chi connectivity index (χ3v) is 3.92. The molecule has 94 valence electrons. The van der Waals surface area contributed by atoms with E-state index in [2.05, 4.69) is 5.10 Å². The van der Waals surface area contributed by atoms with E-state index in [0.717, 1.165) is 15.4 Å². The van der Waals surface area contributed by atoms with E-state index in [0.29, 0.717) is 11.1 Å². The Bertz CT molecular complexity index is 668. The Hall–Kier alpha value is -2.27. The summed E-state index contributed by atoms with van der Waals surface area (Å²) in [6.07, 6.45) is 1.56. The first-order chi connectivity index (χ1) is 9.18. The highest BCUT2D eigenvalue weighted by Gasteiger charge is 2.35. The minimum Gasteiger partial charge on any atom is -0.267 e. The maximum Gasteiger partial charge on any atom is 0.282 e. The number of carbonyl (C=O) groups is 2. The lowest BCUT2D eigenvalue weighted by Gasteiger charge is -2.04. The Morgan fingerprint density at radius 3 is 2.26 bits per heavy atom. The maximum atomic E-state index is 12.0. The number of aryl methyl sites for hydroxylation is 1. The van der Waals surface area contributed by atoms with Crippen molar-refractivity contribution in [2.75, 3.05) is 0 Å². The number of hydrazone groups is 1. The van der Waals surface area contributed by atoms with Crippen molar-refractivity contribution in [3.63, 3.8) is 0 Å². The fraction of sp³-hybridized carbons (Fsp3) is 0.0714. The summed E-state index contributed by atoms with van der Waals surface area (Å²) in [6.45, 7) is 1.96. The van der Waals surface area contributed by atoms with Crippen molar-refractivity contribution in [1.82, 2.24) is 5.01 Å². The van der Waals surface area contributed by atoms with Gasteiger partial charge in [-0.3, -0.25) is 9.59 Å². The van der Waals surface area contributed by atoms with Gasteiger partial charge in [0.05, 0.1) is 22.2 Å². The predicted octanol–water partition coefficient (Wildman–Crippen LogP) is 2.69. The van der Waals surface area contributed by atoms with Gasteiger partial charge in [0.2, 0.25) is 0 Å². The minimum absolute atomic E-state index is 0.369. The van der Waals surface area contributed by atoms with E-state index in [9.17, 15) is 9.59 Å². The molecule has 0 aliphatic carbocycles. The molecule has 0 radical (unpaired) electrons. The molecular formula is C14H10N2O2S. The second-order valence-electron chi connectivity index (χ2n) is 4.18. The van der Waals surface area contributed by atoms with Crippen molar-refractivity contribution in [2.45, 2.75) is 6.92 Å². The van der Waals surface area contributed by atoms with Crippen molar-refractivity contribution in [3.8, 4) is 0 Å². The molecular weight excluding hydrogens is 260 g/mol. The molecule has 1 aliphatic rings. The van der Waals surface area contributed by atoms with Crippen LogP contribution < -0.4 is 0 Å². The Morgan fingerprint density at radius 1 is 1.11 bits per heavy atom. The number of imide groups is 1. The number of benzene rings is 1. The highest BCUT2D eigenvalue weighted by atomic mass is 32.1. The van der Waals surface area contributed by atoms with Gasteiger partial charge in [-0.05, 0) is 36.1 Å². The largest absolute Gasteiger partial charge is 0.282 e. The molecule has 0 bridgehead atoms. The van der Waals surface area contributed by atoms with Gasteiger partial charge in [0.1, 0.15) is 0 Å². The summed E-state index contributed by atoms with van der Waals surface area (Å²) in [5.74, 6) is -0.739. The molecule has 0 saturated carbocycles. The van der Waals surface area contributed by atoms with Crippen LogP contribution in [0, 0.1) is 6.92 Å². The molecule has 1 aromatic heterocycles. The van der Waals surface area contributed by atoms with E-state index in [1.165, 1.54) is 11.3 Å². The van der Waals surface area contributed by atoms with E-state index in [1.54, 1.807) is 30.5 Å². The molecule has 0 atom stereocenters. The van der Waals surface area contributed by atoms with Crippen molar-refractivity contribution >= 4 is 29.4 Å². The lowest BCUT2D eigenvalue weighted by Crippen LogP contribution is -2.23. The van der Waals surface area contributed by atoms with Gasteiger partial charge in [0, 0.05) is 0 Å². The first-order valence-corrected chi connectivity index (χ1v) is 6.62. The summed E-state index contributed by atoms with van der Waals surface area (Å²) in [5.41, 5.74) is 1.89. The van der Waals surface area contributed by atoms with Gasteiger partial charge < -0.3 is 0 Å². The van der Waals surface area contributed by atoms with Crippen molar-refractivity contribution in [3.05, 3.63) is 57.3 Å². The maximum absolute atomic E-state index is 12.0. The lowest BCUT2D eigenvalue weighted by molar-refractivity contribution is 0.0660. The number of nitrogens with zero attached hydrogens (tertiary/aromatic N) is 2. The molecule has 4 nitrogen and oxygen atoms in total. The number of hydrogen-bond donors (Lipinski definition) is 0. The summed E-state index contributed by atoms with van der Waals surface area (Å²) in [4.78, 5) is 25.0. The van der Waals surface area contributed by atoms with Crippen LogP contribution in [-0.2, 0) is 0 Å². The molecule has 0 N–H and O–H groups in total. The van der Waals surface area contributed by atoms with Gasteiger partial charge >= 0.3 is 0 Å². The number of rotatable bonds is 2. The smallest absolute Gasteiger partial charge is 0.267 e. The Balaban J connectivity index is 1.93. The first kappa shape index (κ1) is 11.8. The molecule has 1 aromatic carbocycles. The topological polar surface area (TPSA) is 49.7 Å². The summed E-state index contributed by atoms with van der Waals surface area (Å²) in [7, 11) is 0. The normalized spacial score (nSPS) is 14.5. The molecule has 0 unspecified atom stereocenters. The number of amides is 2. The molecule has 2 amide bonds. The van der Waals surface area contributed by atoms with Gasteiger partial charge in [0.15, 0.2) is 0 Å². The van der Waals surface area contributed by atoms with Gasteiger partial charge in [-0.2, -0.15) is 10.1 Å². The van der Waals surface area contributed by atoms with Crippen LogP contribution in [0.25, 0.3) is 0 Å². The number of thiophene rings is 1. The highest BCUT2D eigenvalue weighted by Crippen LogP contribution is 2.23. The van der Waals surface area contributed by atoms with E-state index < -0.39 is 0 Å². The third-order valence-electron chi connectivity index (χ3n) is 2.96. The van der Waals surface area contributed by atoms with Crippen molar-refractivity contribution in [2.24, 2.45) is 5.10 Å². The van der Waals surface area contributed by atoms with Crippen LogP contribution in [0.4, 0.5) is 0 Å². The zero-order valence-electron chi connectivity index (χ0n) is 10.2. The number of fused-ring (bicyclic) bond motifs is 1. The van der Waals surface area contributed by atoms with Gasteiger partial charge in [-0.25, -0.2) is 0 Å². The fourth-order valence-corrected chi connectivity index (χ4v) is 2.69. The molecule has 0 saturated heterocycles. The van der Waals surface area contributed by atoms with Crippen LogP contribution in [0.1, 0.15) is 31.2 Å². The molecule has 1 aliphatic heterocycles. The summed E-state index contributed by atoms with van der Waals surface area (Å²) < 4.78 is 0. The Kier molecular flexibility index (Phi) is 2.76. The van der Waals surface area contributed by atoms with Crippen LogP contribution in [0.5, 0.6) is 0 Å². The SMILES string of the molecule is Cc1ccsc1/C=N/N1C(=O)c2ccccc2C1=O. The van der Waals surface area contributed by atoms with Gasteiger partial charge in [-0.15, -0.1) is 11.3 Å². The van der Waals surface area contributed by atoms with Gasteiger partial charge in [0.25, 0.3) is 11.8 Å². The quantitative estimate of drug-likeness (QED) is 0.622. The van der Waals surface area contributed by atoms with Crippen LogP contribution in [0.2, 0.25) is 0 Å². The van der Waals surface area contributed by atoms with Crippen LogP contribution in [0.3, 0.4) is 0 Å². The monoisotopic (exact) mass is 270 g/mol. The summed E-state index contributed by atoms with van der Waals surface area (Å²) in [5, 5.41) is 6.89. The zero-order valence-corrected chi connectivity index (χ0v) is 11.0. The summed E-state index contributed by atoms with van der Waals surface area (Å²) in [6, 6.07) is 8.72. The number of carbonyl (C=O) groups excluding carboxylic acids is 2. The van der Waals surface area contributed by atoms with Crippen LogP contribution >= 0.6 is 11.3 Å². The van der Waals surface area contributed by atoms with Crippen LogP contribution in [-0.4, -0.2) is 23.0 Å². The van der Waals surface area contributed by atoms with E-state index in [1.807, 2.05) is 18.4 Å². The van der Waals surface area contributed by atoms with Crippen LogP contribution in [0.15, 0.2) is 40.8 Å². The summed E-state index contributed by atoms with van der Waals surface area (Å²) >= 11 is 1.52. The Morgan fingerprint density at radius 2 is 1.74 bits per heavy atom. The number of hydrogen-bond acceptors (Lipinski definition) is 4. The van der Waals surface area contributed by atoms with Crippen molar-refractivity contribution < 1.29 is 9.59 Å².